The molecule has 0 aromatic heterocycles. The largest absolute Gasteiger partial charge is 0.379 e. The quantitative estimate of drug-likeness (QED) is 0.685. The summed E-state index contributed by atoms with van der Waals surface area (Å²) in [4.78, 5) is 27.5. The molecule has 1 N–H and O–H groups in total. The minimum absolute atomic E-state index is 0.0837. The number of carbonyl (C=O) groups excluding carboxylic acids is 2. The van der Waals surface area contributed by atoms with E-state index in [-0.39, 0.29) is 36.2 Å². The molecule has 0 atom stereocenters. The summed E-state index contributed by atoms with van der Waals surface area (Å²) in [6.45, 7) is 2.87. The first-order valence-electron chi connectivity index (χ1n) is 9.97. The van der Waals surface area contributed by atoms with Crippen LogP contribution in [0.25, 0.3) is 0 Å². The van der Waals surface area contributed by atoms with Crippen LogP contribution in [0.1, 0.15) is 5.56 Å². The maximum atomic E-state index is 13.1. The van der Waals surface area contributed by atoms with Crippen molar-refractivity contribution < 1.29 is 22.7 Å². The van der Waals surface area contributed by atoms with Crippen LogP contribution in [-0.2, 0) is 24.3 Å². The molecule has 2 amide bonds. The second-order valence-electron chi connectivity index (χ2n) is 7.45. The van der Waals surface area contributed by atoms with Crippen LogP contribution in [-0.4, -0.2) is 63.1 Å². The molecule has 1 saturated heterocycles. The number of halogens is 1. The lowest BCUT2D eigenvalue weighted by Gasteiger charge is -2.30. The van der Waals surface area contributed by atoms with Crippen molar-refractivity contribution in [2.75, 3.05) is 48.8 Å². The first-order chi connectivity index (χ1) is 15.3. The molecule has 0 radical (unpaired) electrons. The van der Waals surface area contributed by atoms with Crippen molar-refractivity contribution in [2.24, 2.45) is 0 Å². The average Bonchev–Trinajstić information content (AvgIpc) is 2.78. The van der Waals surface area contributed by atoms with Gasteiger partial charge in [-0.15, -0.1) is 11.8 Å². The van der Waals surface area contributed by atoms with Crippen LogP contribution in [0, 0.1) is 6.92 Å². The zero-order valence-electron chi connectivity index (χ0n) is 17.3. The molecule has 2 aromatic rings. The minimum atomic E-state index is -3.74. The first-order valence-corrected chi connectivity index (χ1v) is 12.8. The molecule has 2 heterocycles. The molecule has 0 bridgehead atoms. The van der Waals surface area contributed by atoms with Crippen molar-refractivity contribution >= 4 is 56.6 Å². The van der Waals surface area contributed by atoms with Crippen molar-refractivity contribution in [3.8, 4) is 0 Å². The van der Waals surface area contributed by atoms with Crippen LogP contribution in [0.3, 0.4) is 0 Å². The number of hydrogen-bond donors (Lipinski definition) is 1. The van der Waals surface area contributed by atoms with Crippen molar-refractivity contribution in [1.82, 2.24) is 4.31 Å². The topological polar surface area (TPSA) is 96.0 Å². The molecular formula is C21H22ClN3O5S2. The fourth-order valence-corrected chi connectivity index (χ4v) is 6.13. The normalized spacial score (nSPS) is 17.2. The van der Waals surface area contributed by atoms with Crippen molar-refractivity contribution in [3.05, 3.63) is 47.0 Å². The number of fused-ring (bicyclic) bond motifs is 1. The first kappa shape index (κ1) is 23.1. The fraction of sp³-hybridized carbons (Fsp3) is 0.333. The van der Waals surface area contributed by atoms with Crippen molar-refractivity contribution in [2.45, 2.75) is 16.7 Å². The maximum Gasteiger partial charge on any atom is 0.244 e. The smallest absolute Gasteiger partial charge is 0.244 e. The molecule has 2 aromatic carbocycles. The number of sulfonamides is 1. The summed E-state index contributed by atoms with van der Waals surface area (Å²) in [5, 5.41) is 3.12. The highest BCUT2D eigenvalue weighted by molar-refractivity contribution is 8.00. The van der Waals surface area contributed by atoms with Gasteiger partial charge in [0.15, 0.2) is 0 Å². The summed E-state index contributed by atoms with van der Waals surface area (Å²) < 4.78 is 32.7. The number of anilines is 2. The van der Waals surface area contributed by atoms with Crippen molar-refractivity contribution in [1.29, 1.82) is 0 Å². The maximum absolute atomic E-state index is 13.1. The van der Waals surface area contributed by atoms with Gasteiger partial charge in [-0.3, -0.25) is 9.59 Å². The monoisotopic (exact) mass is 495 g/mol. The van der Waals surface area contributed by atoms with E-state index in [0.29, 0.717) is 29.6 Å². The Bertz CT molecular complexity index is 1170. The van der Waals surface area contributed by atoms with Gasteiger partial charge in [0.1, 0.15) is 6.54 Å². The van der Waals surface area contributed by atoms with Crippen LogP contribution in [0.15, 0.2) is 46.2 Å². The van der Waals surface area contributed by atoms with E-state index in [9.17, 15) is 18.0 Å². The van der Waals surface area contributed by atoms with Gasteiger partial charge in [-0.2, -0.15) is 4.31 Å². The zero-order chi connectivity index (χ0) is 22.9. The Morgan fingerprint density at radius 2 is 1.94 bits per heavy atom. The SMILES string of the molecule is Cc1ccc(NC(=O)CN2C(=O)CSc3ccc(S(=O)(=O)N4CCOCC4)cc32)c(Cl)c1. The highest BCUT2D eigenvalue weighted by Crippen LogP contribution is 2.37. The molecule has 170 valence electrons. The molecular weight excluding hydrogens is 474 g/mol. The highest BCUT2D eigenvalue weighted by atomic mass is 35.5. The molecule has 0 spiro atoms. The molecule has 0 saturated carbocycles. The number of morpholine rings is 1. The van der Waals surface area contributed by atoms with Gasteiger partial charge in [0.05, 0.1) is 40.3 Å². The molecule has 11 heteroatoms. The number of aryl methyl sites for hydroxylation is 1. The Kier molecular flexibility index (Phi) is 6.78. The molecule has 0 unspecified atom stereocenters. The number of thioether (sulfide) groups is 1. The predicted molar refractivity (Wildman–Crippen MR) is 124 cm³/mol. The number of hydrogen-bond acceptors (Lipinski definition) is 6. The second kappa shape index (κ2) is 9.40. The predicted octanol–water partition coefficient (Wildman–Crippen LogP) is 2.75. The third kappa shape index (κ3) is 4.79. The number of benzene rings is 2. The summed E-state index contributed by atoms with van der Waals surface area (Å²) in [7, 11) is -3.74. The Morgan fingerprint density at radius 3 is 2.66 bits per heavy atom. The molecule has 0 aliphatic carbocycles. The summed E-state index contributed by atoms with van der Waals surface area (Å²) in [5.74, 6) is -0.529. The molecule has 8 nitrogen and oxygen atoms in total. The van der Waals surface area contributed by atoms with E-state index < -0.39 is 15.9 Å². The lowest BCUT2D eigenvalue weighted by Crippen LogP contribution is -2.42. The number of nitrogens with one attached hydrogen (secondary N) is 1. The number of amides is 2. The van der Waals surface area contributed by atoms with E-state index in [1.165, 1.54) is 33.1 Å². The number of carbonyl (C=O) groups is 2. The van der Waals surface area contributed by atoms with Gasteiger partial charge in [-0.25, -0.2) is 8.42 Å². The summed E-state index contributed by atoms with van der Waals surface area (Å²) in [6.07, 6.45) is 0. The number of nitrogens with zero attached hydrogens (tertiary/aromatic N) is 2. The van der Waals surface area contributed by atoms with E-state index in [1.54, 1.807) is 18.2 Å². The lowest BCUT2D eigenvalue weighted by atomic mass is 10.2. The minimum Gasteiger partial charge on any atom is -0.379 e. The molecule has 4 rings (SSSR count). The summed E-state index contributed by atoms with van der Waals surface area (Å²) >= 11 is 7.51. The second-order valence-corrected chi connectivity index (χ2v) is 10.8. The Labute approximate surface area is 195 Å². The summed E-state index contributed by atoms with van der Waals surface area (Å²) in [6, 6.07) is 9.94. The summed E-state index contributed by atoms with van der Waals surface area (Å²) in [5.41, 5.74) is 1.81. The standard InChI is InChI=1S/C21H22ClN3O5S2/c1-14-2-4-17(16(22)10-14)23-20(26)12-25-18-11-15(3-5-19(18)31-13-21(25)27)32(28,29)24-6-8-30-9-7-24/h2-5,10-11H,6-9,12-13H2,1H3,(H,23,26). The van der Waals surface area contributed by atoms with Crippen LogP contribution in [0.5, 0.6) is 0 Å². The van der Waals surface area contributed by atoms with Gasteiger partial charge in [0.25, 0.3) is 0 Å². The third-order valence-electron chi connectivity index (χ3n) is 5.18. The van der Waals surface area contributed by atoms with Crippen LogP contribution in [0.4, 0.5) is 11.4 Å². The van der Waals surface area contributed by atoms with E-state index in [0.717, 1.165) is 10.5 Å². The average molecular weight is 496 g/mol. The molecule has 32 heavy (non-hydrogen) atoms. The zero-order valence-corrected chi connectivity index (χ0v) is 19.7. The molecule has 2 aliphatic rings. The van der Waals surface area contributed by atoms with Gasteiger partial charge >= 0.3 is 0 Å². The fourth-order valence-electron chi connectivity index (χ4n) is 3.51. The van der Waals surface area contributed by atoms with E-state index in [2.05, 4.69) is 5.32 Å². The Hall–Kier alpha value is -2.11. The van der Waals surface area contributed by atoms with E-state index in [4.69, 9.17) is 16.3 Å². The van der Waals surface area contributed by atoms with Crippen LogP contribution < -0.4 is 10.2 Å². The van der Waals surface area contributed by atoms with Gasteiger partial charge in [-0.1, -0.05) is 17.7 Å². The van der Waals surface area contributed by atoms with Crippen LogP contribution in [0.2, 0.25) is 5.02 Å². The van der Waals surface area contributed by atoms with Gasteiger partial charge < -0.3 is 15.0 Å². The number of rotatable bonds is 5. The van der Waals surface area contributed by atoms with E-state index in [1.807, 2.05) is 13.0 Å². The van der Waals surface area contributed by atoms with Crippen molar-refractivity contribution in [3.63, 3.8) is 0 Å². The highest BCUT2D eigenvalue weighted by Gasteiger charge is 2.31. The number of ether oxygens (including phenoxy) is 1. The van der Waals surface area contributed by atoms with Gasteiger partial charge in [0.2, 0.25) is 21.8 Å². The van der Waals surface area contributed by atoms with Gasteiger partial charge in [0, 0.05) is 18.0 Å². The molecule has 1 fully saturated rings. The molecule has 2 aliphatic heterocycles. The van der Waals surface area contributed by atoms with E-state index >= 15 is 0 Å². The van der Waals surface area contributed by atoms with Gasteiger partial charge in [-0.05, 0) is 42.8 Å². The Balaban J connectivity index is 1.59. The van der Waals surface area contributed by atoms with Crippen LogP contribution >= 0.6 is 23.4 Å². The Morgan fingerprint density at radius 1 is 1.19 bits per heavy atom. The third-order valence-corrected chi connectivity index (χ3v) is 8.44. The lowest BCUT2D eigenvalue weighted by molar-refractivity contribution is -0.120.